The normalized spacial score (nSPS) is 13.6. The fourth-order valence-corrected chi connectivity index (χ4v) is 3.69. The minimum atomic E-state index is -0.168. The molecule has 5 nitrogen and oxygen atoms in total. The highest BCUT2D eigenvalue weighted by Crippen LogP contribution is 2.29. The van der Waals surface area contributed by atoms with Crippen LogP contribution >= 0.6 is 11.6 Å². The van der Waals surface area contributed by atoms with Crippen molar-refractivity contribution in [1.29, 1.82) is 0 Å². The second-order valence-electron chi connectivity index (χ2n) is 6.92. The molecule has 1 aliphatic heterocycles. The highest BCUT2D eigenvalue weighted by molar-refractivity contribution is 6.30. The van der Waals surface area contributed by atoms with Gasteiger partial charge in [-0.15, -0.1) is 0 Å². The first-order chi connectivity index (χ1) is 13.6. The van der Waals surface area contributed by atoms with Crippen molar-refractivity contribution < 1.29 is 4.79 Å². The summed E-state index contributed by atoms with van der Waals surface area (Å²) in [5.41, 5.74) is 3.93. The van der Waals surface area contributed by atoms with E-state index in [2.05, 4.69) is 20.2 Å². The van der Waals surface area contributed by atoms with E-state index in [9.17, 15) is 4.79 Å². The van der Waals surface area contributed by atoms with E-state index in [-0.39, 0.29) is 5.91 Å². The molecule has 2 heterocycles. The Labute approximate surface area is 169 Å². The van der Waals surface area contributed by atoms with Crippen molar-refractivity contribution in [3.05, 3.63) is 71.0 Å². The van der Waals surface area contributed by atoms with Gasteiger partial charge in [-0.3, -0.25) is 9.78 Å². The number of nitrogens with zero attached hydrogens (tertiary/aromatic N) is 3. The zero-order valence-corrected chi connectivity index (χ0v) is 16.4. The van der Waals surface area contributed by atoms with Gasteiger partial charge in [0.1, 0.15) is 5.69 Å². The van der Waals surface area contributed by atoms with Gasteiger partial charge in [-0.2, -0.15) is 0 Å². The van der Waals surface area contributed by atoms with E-state index >= 15 is 0 Å². The summed E-state index contributed by atoms with van der Waals surface area (Å²) in [5, 5.41) is 3.61. The van der Waals surface area contributed by atoms with E-state index in [1.807, 2.05) is 37.3 Å². The standard InChI is InChI=1S/C22H21ClN4O/c1-15-13-18(23)7-8-19(15)26-22(28)17-6-4-5-16(14-17)20-21(25-10-9-24-20)27-11-2-3-12-27/h4-10,13-14H,2-3,11-12H2,1H3,(H,26,28). The summed E-state index contributed by atoms with van der Waals surface area (Å²) in [6.45, 7) is 3.89. The number of hydrogen-bond donors (Lipinski definition) is 1. The number of anilines is 2. The summed E-state index contributed by atoms with van der Waals surface area (Å²) in [6, 6.07) is 12.9. The molecule has 0 saturated carbocycles. The lowest BCUT2D eigenvalue weighted by atomic mass is 10.1. The van der Waals surface area contributed by atoms with Gasteiger partial charge in [0.15, 0.2) is 5.82 Å². The second-order valence-corrected chi connectivity index (χ2v) is 7.35. The number of carbonyl (C=O) groups is 1. The molecule has 2 aromatic carbocycles. The van der Waals surface area contributed by atoms with Crippen molar-refractivity contribution in [2.45, 2.75) is 19.8 Å². The first-order valence-corrected chi connectivity index (χ1v) is 9.73. The van der Waals surface area contributed by atoms with Crippen molar-refractivity contribution in [1.82, 2.24) is 9.97 Å². The molecule has 1 saturated heterocycles. The van der Waals surface area contributed by atoms with Crippen molar-refractivity contribution in [2.24, 2.45) is 0 Å². The Morgan fingerprint density at radius 3 is 2.64 bits per heavy atom. The number of halogens is 1. The van der Waals surface area contributed by atoms with Gasteiger partial charge in [0, 0.05) is 47.3 Å². The van der Waals surface area contributed by atoms with Crippen LogP contribution in [0.1, 0.15) is 28.8 Å². The molecule has 0 unspecified atom stereocenters. The van der Waals surface area contributed by atoms with E-state index in [0.29, 0.717) is 10.6 Å². The number of aromatic nitrogens is 2. The molecule has 1 N–H and O–H groups in total. The Kier molecular flexibility index (Phi) is 5.26. The van der Waals surface area contributed by atoms with Crippen molar-refractivity contribution >= 4 is 29.0 Å². The molecule has 0 bridgehead atoms. The zero-order valence-electron chi connectivity index (χ0n) is 15.7. The molecular formula is C22H21ClN4O. The minimum absolute atomic E-state index is 0.168. The molecule has 1 amide bonds. The average molecular weight is 393 g/mol. The third-order valence-electron chi connectivity index (χ3n) is 4.92. The van der Waals surface area contributed by atoms with Crippen molar-refractivity contribution in [3.63, 3.8) is 0 Å². The fourth-order valence-electron chi connectivity index (χ4n) is 3.46. The van der Waals surface area contributed by atoms with Crippen LogP contribution in [0.25, 0.3) is 11.3 Å². The Morgan fingerprint density at radius 2 is 1.86 bits per heavy atom. The van der Waals surface area contributed by atoms with Crippen LogP contribution in [-0.2, 0) is 0 Å². The van der Waals surface area contributed by atoms with E-state index in [1.165, 1.54) is 12.8 Å². The zero-order chi connectivity index (χ0) is 19.5. The predicted molar refractivity (Wildman–Crippen MR) is 113 cm³/mol. The van der Waals surface area contributed by atoms with Crippen molar-refractivity contribution in [2.75, 3.05) is 23.3 Å². The molecule has 1 aliphatic rings. The third kappa shape index (κ3) is 3.85. The summed E-state index contributed by atoms with van der Waals surface area (Å²) in [4.78, 5) is 24.1. The Balaban J connectivity index is 1.62. The molecule has 0 radical (unpaired) electrons. The molecule has 0 atom stereocenters. The summed E-state index contributed by atoms with van der Waals surface area (Å²) in [5.74, 6) is 0.713. The van der Waals surface area contributed by atoms with E-state index in [0.717, 1.165) is 41.4 Å². The lowest BCUT2D eigenvalue weighted by Crippen LogP contribution is -2.20. The molecule has 1 aromatic heterocycles. The molecule has 6 heteroatoms. The lowest BCUT2D eigenvalue weighted by molar-refractivity contribution is 0.102. The van der Waals surface area contributed by atoms with Gasteiger partial charge in [-0.1, -0.05) is 23.7 Å². The third-order valence-corrected chi connectivity index (χ3v) is 5.15. The van der Waals surface area contributed by atoms with Crippen LogP contribution in [-0.4, -0.2) is 29.0 Å². The fraction of sp³-hybridized carbons (Fsp3) is 0.227. The SMILES string of the molecule is Cc1cc(Cl)ccc1NC(=O)c1cccc(-c2nccnc2N2CCCC2)c1. The molecule has 0 aliphatic carbocycles. The molecule has 3 aromatic rings. The summed E-state index contributed by atoms with van der Waals surface area (Å²) in [6.07, 6.45) is 5.74. The average Bonchev–Trinajstić information content (AvgIpc) is 3.25. The molecule has 142 valence electrons. The number of nitrogens with one attached hydrogen (secondary N) is 1. The van der Waals surface area contributed by atoms with Crippen LogP contribution in [0.4, 0.5) is 11.5 Å². The van der Waals surface area contributed by atoms with E-state index < -0.39 is 0 Å². The van der Waals surface area contributed by atoms with Gasteiger partial charge in [0.25, 0.3) is 5.91 Å². The smallest absolute Gasteiger partial charge is 0.255 e. The van der Waals surface area contributed by atoms with Crippen LogP contribution in [0.2, 0.25) is 5.02 Å². The number of aryl methyl sites for hydroxylation is 1. The maximum atomic E-state index is 12.8. The molecular weight excluding hydrogens is 372 g/mol. The maximum absolute atomic E-state index is 12.8. The first kappa shape index (κ1) is 18.4. The Morgan fingerprint density at radius 1 is 1.07 bits per heavy atom. The Hall–Kier alpha value is -2.92. The number of rotatable bonds is 4. The van der Waals surface area contributed by atoms with E-state index in [4.69, 9.17) is 11.6 Å². The first-order valence-electron chi connectivity index (χ1n) is 9.36. The minimum Gasteiger partial charge on any atom is -0.355 e. The summed E-state index contributed by atoms with van der Waals surface area (Å²) < 4.78 is 0. The van der Waals surface area contributed by atoms with Crippen LogP contribution in [0.3, 0.4) is 0 Å². The molecule has 0 spiro atoms. The number of hydrogen-bond acceptors (Lipinski definition) is 4. The van der Waals surface area contributed by atoms with Crippen LogP contribution in [0, 0.1) is 6.92 Å². The molecule has 28 heavy (non-hydrogen) atoms. The highest BCUT2D eigenvalue weighted by Gasteiger charge is 2.19. The van der Waals surface area contributed by atoms with Gasteiger partial charge < -0.3 is 10.2 Å². The number of amides is 1. The van der Waals surface area contributed by atoms with Gasteiger partial charge in [0.05, 0.1) is 0 Å². The number of carbonyl (C=O) groups excluding carboxylic acids is 1. The van der Waals surface area contributed by atoms with E-state index in [1.54, 1.807) is 24.5 Å². The van der Waals surface area contributed by atoms with Crippen LogP contribution in [0.15, 0.2) is 54.9 Å². The topological polar surface area (TPSA) is 58.1 Å². The quantitative estimate of drug-likeness (QED) is 0.681. The predicted octanol–water partition coefficient (Wildman–Crippen LogP) is 4.96. The Bertz CT molecular complexity index is 1010. The van der Waals surface area contributed by atoms with Crippen molar-refractivity contribution in [3.8, 4) is 11.3 Å². The second kappa shape index (κ2) is 7.98. The van der Waals surface area contributed by atoms with Crippen LogP contribution in [0.5, 0.6) is 0 Å². The summed E-state index contributed by atoms with van der Waals surface area (Å²) >= 11 is 6.00. The largest absolute Gasteiger partial charge is 0.355 e. The monoisotopic (exact) mass is 392 g/mol. The highest BCUT2D eigenvalue weighted by atomic mass is 35.5. The van der Waals surface area contributed by atoms with Gasteiger partial charge in [-0.05, 0) is 55.7 Å². The van der Waals surface area contributed by atoms with Crippen LogP contribution < -0.4 is 10.2 Å². The number of benzene rings is 2. The van der Waals surface area contributed by atoms with Gasteiger partial charge in [0.2, 0.25) is 0 Å². The lowest BCUT2D eigenvalue weighted by Gasteiger charge is -2.19. The molecule has 1 fully saturated rings. The van der Waals surface area contributed by atoms with Gasteiger partial charge >= 0.3 is 0 Å². The maximum Gasteiger partial charge on any atom is 0.255 e. The summed E-state index contributed by atoms with van der Waals surface area (Å²) in [7, 11) is 0. The van der Waals surface area contributed by atoms with Gasteiger partial charge in [-0.25, -0.2) is 4.98 Å². The molecule has 4 rings (SSSR count).